The van der Waals surface area contributed by atoms with Crippen molar-refractivity contribution in [1.82, 2.24) is 5.32 Å². The number of ether oxygens (including phenoxy) is 1. The highest BCUT2D eigenvalue weighted by Crippen LogP contribution is 2.30. The lowest BCUT2D eigenvalue weighted by Crippen LogP contribution is -2.44. The van der Waals surface area contributed by atoms with Crippen LogP contribution in [-0.2, 0) is 4.74 Å². The monoisotopic (exact) mass is 202 g/mol. The number of thiocarbonyl (C=S) groups is 1. The minimum absolute atomic E-state index is 0.234. The van der Waals surface area contributed by atoms with Crippen LogP contribution in [0.3, 0.4) is 0 Å². The van der Waals surface area contributed by atoms with Gasteiger partial charge in [-0.1, -0.05) is 19.1 Å². The molecule has 1 saturated heterocycles. The molecule has 0 aromatic rings. The first-order valence-electron chi connectivity index (χ1n) is 4.25. The SMILES string of the molecule is CCC(C)(C(N)=S)C1CNC(=O)O1. The van der Waals surface area contributed by atoms with Gasteiger partial charge in [-0.25, -0.2) is 4.79 Å². The fourth-order valence-corrected chi connectivity index (χ4v) is 1.58. The van der Waals surface area contributed by atoms with Crippen LogP contribution in [0, 0.1) is 5.41 Å². The van der Waals surface area contributed by atoms with E-state index in [0.29, 0.717) is 11.5 Å². The van der Waals surface area contributed by atoms with Gasteiger partial charge in [-0.15, -0.1) is 0 Å². The molecule has 0 radical (unpaired) electrons. The molecular weight excluding hydrogens is 188 g/mol. The van der Waals surface area contributed by atoms with Crippen molar-refractivity contribution in [3.63, 3.8) is 0 Å². The second-order valence-electron chi connectivity index (χ2n) is 3.41. The standard InChI is InChI=1S/C8H14N2O2S/c1-3-8(2,6(9)13)5-4-10-7(11)12-5/h5H,3-4H2,1-2H3,(H2,9,13)(H,10,11). The zero-order valence-corrected chi connectivity index (χ0v) is 8.61. The van der Waals surface area contributed by atoms with Crippen LogP contribution in [0.4, 0.5) is 4.79 Å². The minimum atomic E-state index is -0.394. The summed E-state index contributed by atoms with van der Waals surface area (Å²) in [5, 5.41) is 2.59. The minimum Gasteiger partial charge on any atom is -0.443 e. The number of cyclic esters (lactones) is 1. The molecule has 0 aromatic heterocycles. The first-order valence-corrected chi connectivity index (χ1v) is 4.66. The smallest absolute Gasteiger partial charge is 0.407 e. The highest BCUT2D eigenvalue weighted by molar-refractivity contribution is 7.80. The van der Waals surface area contributed by atoms with E-state index in [2.05, 4.69) is 5.32 Å². The van der Waals surface area contributed by atoms with E-state index in [0.717, 1.165) is 6.42 Å². The van der Waals surface area contributed by atoms with Crippen molar-refractivity contribution in [3.8, 4) is 0 Å². The molecule has 13 heavy (non-hydrogen) atoms. The maximum Gasteiger partial charge on any atom is 0.407 e. The predicted octanol–water partition coefficient (Wildman–Crippen LogP) is 0.797. The van der Waals surface area contributed by atoms with Crippen LogP contribution in [0.1, 0.15) is 20.3 Å². The molecular formula is C8H14N2O2S. The van der Waals surface area contributed by atoms with E-state index in [1.165, 1.54) is 0 Å². The summed E-state index contributed by atoms with van der Waals surface area (Å²) < 4.78 is 5.06. The summed E-state index contributed by atoms with van der Waals surface area (Å²) >= 11 is 4.96. The third-order valence-corrected chi connectivity index (χ3v) is 3.16. The Balaban J connectivity index is 2.77. The van der Waals surface area contributed by atoms with Gasteiger partial charge in [0.05, 0.1) is 16.9 Å². The summed E-state index contributed by atoms with van der Waals surface area (Å²) in [4.78, 5) is 11.2. The molecule has 4 nitrogen and oxygen atoms in total. The first-order chi connectivity index (χ1) is 6.00. The number of amides is 1. The maximum atomic E-state index is 10.8. The third-order valence-electron chi connectivity index (χ3n) is 2.69. The van der Waals surface area contributed by atoms with Crippen LogP contribution in [-0.4, -0.2) is 23.7 Å². The fourth-order valence-electron chi connectivity index (χ4n) is 1.30. The molecule has 0 aliphatic carbocycles. The molecule has 3 N–H and O–H groups in total. The molecule has 74 valence electrons. The average molecular weight is 202 g/mol. The van der Waals surface area contributed by atoms with E-state index >= 15 is 0 Å². The lowest BCUT2D eigenvalue weighted by Gasteiger charge is -2.31. The van der Waals surface area contributed by atoms with E-state index in [4.69, 9.17) is 22.7 Å². The summed E-state index contributed by atoms with van der Waals surface area (Å²) in [7, 11) is 0. The van der Waals surface area contributed by atoms with Crippen molar-refractivity contribution in [2.75, 3.05) is 6.54 Å². The number of hydrogen-bond acceptors (Lipinski definition) is 3. The van der Waals surface area contributed by atoms with Gasteiger partial charge < -0.3 is 15.8 Å². The van der Waals surface area contributed by atoms with Crippen LogP contribution in [0.15, 0.2) is 0 Å². The molecule has 0 saturated carbocycles. The summed E-state index contributed by atoms with van der Waals surface area (Å²) in [6.45, 7) is 4.38. The van der Waals surface area contributed by atoms with Crippen LogP contribution < -0.4 is 11.1 Å². The van der Waals surface area contributed by atoms with Gasteiger partial charge in [0.25, 0.3) is 0 Å². The lowest BCUT2D eigenvalue weighted by atomic mass is 9.81. The number of nitrogens with two attached hydrogens (primary N) is 1. The Morgan fingerprint density at radius 2 is 2.54 bits per heavy atom. The summed E-state index contributed by atoms with van der Waals surface area (Å²) in [6.07, 6.45) is 0.144. The number of nitrogens with one attached hydrogen (secondary N) is 1. The molecule has 5 heteroatoms. The molecule has 0 aromatic carbocycles. The number of alkyl carbamates (subject to hydrolysis) is 1. The molecule has 0 bridgehead atoms. The predicted molar refractivity (Wildman–Crippen MR) is 53.5 cm³/mol. The Bertz CT molecular complexity index is 244. The van der Waals surface area contributed by atoms with Gasteiger partial charge in [0.2, 0.25) is 0 Å². The number of hydrogen-bond donors (Lipinski definition) is 2. The molecule has 2 atom stereocenters. The zero-order valence-electron chi connectivity index (χ0n) is 7.79. The second-order valence-corrected chi connectivity index (χ2v) is 3.85. The fraction of sp³-hybridized carbons (Fsp3) is 0.750. The Morgan fingerprint density at radius 1 is 1.92 bits per heavy atom. The van der Waals surface area contributed by atoms with E-state index in [-0.39, 0.29) is 12.2 Å². The van der Waals surface area contributed by atoms with Crippen molar-refractivity contribution in [2.45, 2.75) is 26.4 Å². The molecule has 1 aliphatic rings. The van der Waals surface area contributed by atoms with Crippen molar-refractivity contribution in [1.29, 1.82) is 0 Å². The van der Waals surface area contributed by atoms with Crippen molar-refractivity contribution >= 4 is 23.3 Å². The van der Waals surface area contributed by atoms with Crippen molar-refractivity contribution in [3.05, 3.63) is 0 Å². The van der Waals surface area contributed by atoms with Gasteiger partial charge in [-0.3, -0.25) is 0 Å². The van der Waals surface area contributed by atoms with Gasteiger partial charge >= 0.3 is 6.09 Å². The normalized spacial score (nSPS) is 26.0. The second kappa shape index (κ2) is 3.49. The summed E-state index contributed by atoms with van der Waals surface area (Å²) in [5.41, 5.74) is 5.22. The number of carbonyl (C=O) groups is 1. The van der Waals surface area contributed by atoms with Gasteiger partial charge in [0.15, 0.2) is 0 Å². The van der Waals surface area contributed by atoms with E-state index in [1.807, 2.05) is 13.8 Å². The summed E-state index contributed by atoms with van der Waals surface area (Å²) in [6, 6.07) is 0. The Labute approximate surface area is 82.8 Å². The molecule has 0 spiro atoms. The van der Waals surface area contributed by atoms with Crippen LogP contribution in [0.5, 0.6) is 0 Å². The van der Waals surface area contributed by atoms with Crippen molar-refractivity contribution < 1.29 is 9.53 Å². The zero-order chi connectivity index (χ0) is 10.1. The van der Waals surface area contributed by atoms with Crippen molar-refractivity contribution in [2.24, 2.45) is 11.1 Å². The molecule has 1 aliphatic heterocycles. The van der Waals surface area contributed by atoms with Gasteiger partial charge in [0.1, 0.15) is 6.10 Å². The van der Waals surface area contributed by atoms with E-state index < -0.39 is 5.41 Å². The largest absolute Gasteiger partial charge is 0.443 e. The maximum absolute atomic E-state index is 10.8. The average Bonchev–Trinajstić information content (AvgIpc) is 2.50. The topological polar surface area (TPSA) is 64.3 Å². The highest BCUT2D eigenvalue weighted by Gasteiger charge is 2.41. The highest BCUT2D eigenvalue weighted by atomic mass is 32.1. The summed E-state index contributed by atoms with van der Waals surface area (Å²) in [5.74, 6) is 0. The molecule has 2 unspecified atom stereocenters. The van der Waals surface area contributed by atoms with Crippen LogP contribution in [0.2, 0.25) is 0 Å². The molecule has 1 amide bonds. The van der Waals surface area contributed by atoms with E-state index in [9.17, 15) is 4.79 Å². The van der Waals surface area contributed by atoms with E-state index in [1.54, 1.807) is 0 Å². The third kappa shape index (κ3) is 1.75. The molecule has 1 fully saturated rings. The molecule has 1 rings (SSSR count). The molecule has 1 heterocycles. The Hall–Kier alpha value is -0.840. The quantitative estimate of drug-likeness (QED) is 0.664. The Morgan fingerprint density at radius 3 is 2.85 bits per heavy atom. The Kier molecular flexibility index (Phi) is 2.75. The van der Waals surface area contributed by atoms with Crippen LogP contribution in [0.25, 0.3) is 0 Å². The number of rotatable bonds is 3. The van der Waals surface area contributed by atoms with Gasteiger partial charge in [-0.2, -0.15) is 0 Å². The first kappa shape index (κ1) is 10.2. The van der Waals surface area contributed by atoms with Gasteiger partial charge in [0, 0.05) is 0 Å². The van der Waals surface area contributed by atoms with Crippen LogP contribution >= 0.6 is 12.2 Å². The lowest BCUT2D eigenvalue weighted by molar-refractivity contribution is 0.0863. The van der Waals surface area contributed by atoms with Gasteiger partial charge in [-0.05, 0) is 13.3 Å². The number of carbonyl (C=O) groups excluding carboxylic acids is 1.